The lowest BCUT2D eigenvalue weighted by Crippen LogP contribution is -2.24. The van der Waals surface area contributed by atoms with Gasteiger partial charge in [-0.3, -0.25) is 29.7 Å². The Labute approximate surface area is 189 Å². The van der Waals surface area contributed by atoms with Crippen molar-refractivity contribution in [2.24, 2.45) is 0 Å². The van der Waals surface area contributed by atoms with Crippen LogP contribution in [0.2, 0.25) is 0 Å². The van der Waals surface area contributed by atoms with Crippen LogP contribution < -0.4 is 5.32 Å². The minimum atomic E-state index is -3.03. The summed E-state index contributed by atoms with van der Waals surface area (Å²) in [5, 5.41) is 2.82. The highest BCUT2D eigenvalue weighted by Crippen LogP contribution is 2.28. The largest absolute Gasteiger partial charge is 0.347 e. The summed E-state index contributed by atoms with van der Waals surface area (Å²) in [5.74, 6) is -3.34. The minimum Gasteiger partial charge on any atom is -0.347 e. The van der Waals surface area contributed by atoms with E-state index < -0.39 is 5.92 Å². The van der Waals surface area contributed by atoms with E-state index in [2.05, 4.69) is 30.2 Å². The third-order valence-electron chi connectivity index (χ3n) is 4.94. The van der Waals surface area contributed by atoms with Gasteiger partial charge in [-0.2, -0.15) is 8.78 Å². The molecule has 0 atom stereocenters. The molecule has 33 heavy (non-hydrogen) atoms. The van der Waals surface area contributed by atoms with Gasteiger partial charge in [-0.15, -0.1) is 0 Å². The number of nitrogens with zero attached hydrogens (tertiary/aromatic N) is 5. The van der Waals surface area contributed by atoms with Crippen LogP contribution in [0, 0.1) is 6.92 Å². The molecule has 166 valence electrons. The maximum atomic E-state index is 13.5. The minimum absolute atomic E-state index is 0.244. The van der Waals surface area contributed by atoms with E-state index in [9.17, 15) is 13.6 Å². The molecule has 4 rings (SSSR count). The van der Waals surface area contributed by atoms with Crippen molar-refractivity contribution in [3.8, 4) is 22.5 Å². The van der Waals surface area contributed by atoms with Crippen LogP contribution in [-0.4, -0.2) is 30.8 Å². The molecule has 0 aromatic carbocycles. The van der Waals surface area contributed by atoms with Crippen molar-refractivity contribution < 1.29 is 13.6 Å². The molecule has 7 nitrogen and oxygen atoms in total. The molecule has 0 aliphatic carbocycles. The topological polar surface area (TPSA) is 93.5 Å². The van der Waals surface area contributed by atoms with Crippen molar-refractivity contribution in [1.82, 2.24) is 30.2 Å². The number of hydrogen-bond donors (Lipinski definition) is 1. The van der Waals surface area contributed by atoms with E-state index in [1.165, 1.54) is 12.3 Å². The monoisotopic (exact) mass is 446 g/mol. The molecule has 0 fully saturated rings. The molecule has 0 radical (unpaired) electrons. The fraction of sp³-hybridized carbons (Fsp3) is 0.167. The van der Waals surface area contributed by atoms with Gasteiger partial charge in [-0.1, -0.05) is 6.07 Å². The maximum Gasteiger partial charge on any atom is 0.286 e. The normalized spacial score (nSPS) is 11.3. The first kappa shape index (κ1) is 22.1. The molecule has 0 bridgehead atoms. The van der Waals surface area contributed by atoms with Gasteiger partial charge in [0.15, 0.2) is 0 Å². The summed E-state index contributed by atoms with van der Waals surface area (Å²) in [6, 6.07) is 8.28. The summed E-state index contributed by atoms with van der Waals surface area (Å²) in [6.07, 6.45) is 9.33. The second-order valence-corrected chi connectivity index (χ2v) is 7.53. The van der Waals surface area contributed by atoms with E-state index in [4.69, 9.17) is 0 Å². The molecule has 9 heteroatoms. The number of halogens is 2. The number of nitrogens with one attached hydrogen (secondary N) is 1. The van der Waals surface area contributed by atoms with E-state index in [1.807, 2.05) is 6.07 Å². The average molecular weight is 446 g/mol. The van der Waals surface area contributed by atoms with Gasteiger partial charge in [-0.25, -0.2) is 0 Å². The van der Waals surface area contributed by atoms with Crippen molar-refractivity contribution in [3.63, 3.8) is 0 Å². The quantitative estimate of drug-likeness (QED) is 0.473. The lowest BCUT2D eigenvalue weighted by molar-refractivity contribution is 0.0128. The van der Waals surface area contributed by atoms with Crippen LogP contribution >= 0.6 is 0 Å². The molecule has 4 aromatic heterocycles. The van der Waals surface area contributed by atoms with Crippen molar-refractivity contribution in [1.29, 1.82) is 0 Å². The Morgan fingerprint density at radius 1 is 0.909 bits per heavy atom. The van der Waals surface area contributed by atoms with Gasteiger partial charge < -0.3 is 5.32 Å². The number of alkyl halides is 2. The summed E-state index contributed by atoms with van der Waals surface area (Å²) in [7, 11) is 0. The van der Waals surface area contributed by atoms with E-state index >= 15 is 0 Å². The fourth-order valence-corrected chi connectivity index (χ4v) is 3.20. The Hall–Kier alpha value is -4.14. The molecule has 4 aromatic rings. The Kier molecular flexibility index (Phi) is 6.12. The summed E-state index contributed by atoms with van der Waals surface area (Å²) in [6.45, 7) is 2.85. The van der Waals surface area contributed by atoms with Crippen molar-refractivity contribution in [3.05, 3.63) is 90.0 Å². The van der Waals surface area contributed by atoms with Gasteiger partial charge in [-0.05, 0) is 42.3 Å². The zero-order chi connectivity index (χ0) is 23.4. The standard InChI is InChI=1S/C24H20F2N6O/c1-15-9-18(20-14-27-7-8-28-20)13-31-22(15)23(33)32-12-16-3-4-19(30-11-16)17-5-6-29-21(10-17)24(2,25)26/h3-11,13-14H,12H2,1-2H3,(H,32,33). The molecule has 0 aliphatic rings. The lowest BCUT2D eigenvalue weighted by atomic mass is 10.1. The molecular formula is C24H20F2N6O. The first-order valence-corrected chi connectivity index (χ1v) is 10.1. The Morgan fingerprint density at radius 2 is 1.76 bits per heavy atom. The first-order valence-electron chi connectivity index (χ1n) is 10.1. The van der Waals surface area contributed by atoms with Crippen LogP contribution in [0.1, 0.15) is 34.2 Å². The van der Waals surface area contributed by atoms with Gasteiger partial charge in [0.25, 0.3) is 11.8 Å². The molecule has 1 N–H and O–H groups in total. The van der Waals surface area contributed by atoms with E-state index in [-0.39, 0.29) is 18.1 Å². The van der Waals surface area contributed by atoms with Gasteiger partial charge in [0, 0.05) is 55.6 Å². The smallest absolute Gasteiger partial charge is 0.286 e. The predicted molar refractivity (Wildman–Crippen MR) is 118 cm³/mol. The van der Waals surface area contributed by atoms with Gasteiger partial charge in [0.2, 0.25) is 0 Å². The van der Waals surface area contributed by atoms with Crippen LogP contribution in [0.5, 0.6) is 0 Å². The molecule has 4 heterocycles. The zero-order valence-corrected chi connectivity index (χ0v) is 18.0. The summed E-state index contributed by atoms with van der Waals surface area (Å²) >= 11 is 0. The maximum absolute atomic E-state index is 13.5. The fourth-order valence-electron chi connectivity index (χ4n) is 3.20. The summed E-state index contributed by atoms with van der Waals surface area (Å²) in [4.78, 5) is 33.2. The van der Waals surface area contributed by atoms with Crippen LogP contribution in [0.25, 0.3) is 22.5 Å². The Morgan fingerprint density at radius 3 is 2.42 bits per heavy atom. The van der Waals surface area contributed by atoms with Crippen molar-refractivity contribution in [2.45, 2.75) is 26.3 Å². The van der Waals surface area contributed by atoms with E-state index in [0.717, 1.165) is 18.1 Å². The highest BCUT2D eigenvalue weighted by atomic mass is 19.3. The summed E-state index contributed by atoms with van der Waals surface area (Å²) < 4.78 is 27.1. The predicted octanol–water partition coefficient (Wildman–Crippen LogP) is 4.35. The lowest BCUT2D eigenvalue weighted by Gasteiger charge is -2.11. The van der Waals surface area contributed by atoms with Crippen LogP contribution in [0.3, 0.4) is 0 Å². The molecule has 0 unspecified atom stereocenters. The Bertz CT molecular complexity index is 1270. The number of amides is 1. The number of aryl methyl sites for hydroxylation is 1. The summed E-state index contributed by atoms with van der Waals surface area (Å²) in [5.41, 5.74) is 4.01. The van der Waals surface area contributed by atoms with E-state index in [1.54, 1.807) is 56.1 Å². The first-order chi connectivity index (χ1) is 15.8. The van der Waals surface area contributed by atoms with Crippen LogP contribution in [0.4, 0.5) is 8.78 Å². The van der Waals surface area contributed by atoms with Crippen LogP contribution in [0.15, 0.2) is 67.5 Å². The molecule has 1 amide bonds. The molecular weight excluding hydrogens is 426 g/mol. The molecule has 0 saturated carbocycles. The second-order valence-electron chi connectivity index (χ2n) is 7.53. The molecule has 0 aliphatic heterocycles. The Balaban J connectivity index is 1.42. The van der Waals surface area contributed by atoms with Gasteiger partial charge in [0.05, 0.1) is 17.6 Å². The highest BCUT2D eigenvalue weighted by Gasteiger charge is 2.26. The van der Waals surface area contributed by atoms with Crippen molar-refractivity contribution >= 4 is 5.91 Å². The molecule has 0 saturated heterocycles. The third kappa shape index (κ3) is 5.20. The zero-order valence-electron chi connectivity index (χ0n) is 18.0. The van der Waals surface area contributed by atoms with Gasteiger partial charge in [0.1, 0.15) is 11.4 Å². The van der Waals surface area contributed by atoms with Gasteiger partial charge >= 0.3 is 0 Å². The molecule has 0 spiro atoms. The van der Waals surface area contributed by atoms with Crippen LogP contribution in [-0.2, 0) is 12.5 Å². The number of hydrogen-bond acceptors (Lipinski definition) is 6. The number of rotatable bonds is 6. The van der Waals surface area contributed by atoms with E-state index in [0.29, 0.717) is 28.2 Å². The third-order valence-corrected chi connectivity index (χ3v) is 4.94. The van der Waals surface area contributed by atoms with Crippen molar-refractivity contribution in [2.75, 3.05) is 0 Å². The highest BCUT2D eigenvalue weighted by molar-refractivity contribution is 5.94. The number of aromatic nitrogens is 5. The second kappa shape index (κ2) is 9.15. The number of carbonyl (C=O) groups excluding carboxylic acids is 1. The SMILES string of the molecule is Cc1cc(-c2cnccn2)cnc1C(=O)NCc1ccc(-c2ccnc(C(C)(F)F)c2)nc1. The average Bonchev–Trinajstić information content (AvgIpc) is 2.83. The number of pyridine rings is 3. The number of carbonyl (C=O) groups is 1.